The highest BCUT2D eigenvalue weighted by Gasteiger charge is 2.25. The van der Waals surface area contributed by atoms with E-state index in [1.54, 1.807) is 0 Å². The van der Waals surface area contributed by atoms with Gasteiger partial charge in [0.25, 0.3) is 0 Å². The van der Waals surface area contributed by atoms with Crippen molar-refractivity contribution < 1.29 is 0 Å². The first-order valence-corrected chi connectivity index (χ1v) is 5.81. The first kappa shape index (κ1) is 9.22. The second-order valence-electron chi connectivity index (χ2n) is 4.15. The molecule has 2 N–H and O–H groups in total. The third-order valence-corrected chi connectivity index (χ3v) is 3.74. The molecule has 13 heavy (non-hydrogen) atoms. The normalized spacial score (nSPS) is 19.0. The zero-order valence-electron chi connectivity index (χ0n) is 8.34. The van der Waals surface area contributed by atoms with Gasteiger partial charge in [-0.05, 0) is 37.8 Å². The van der Waals surface area contributed by atoms with E-state index in [1.807, 2.05) is 11.3 Å². The van der Waals surface area contributed by atoms with Gasteiger partial charge in [-0.25, -0.2) is 0 Å². The maximum atomic E-state index is 6.16. The van der Waals surface area contributed by atoms with Gasteiger partial charge >= 0.3 is 0 Å². The molecule has 2 rings (SSSR count). The molecule has 0 spiro atoms. The standard InChI is InChI=1S/C11H17NS/c1-7-5-10(8(2)13-7)11(12)6-9-3-4-9/h5,9,11H,3-4,6,12H2,1-2H3. The van der Waals surface area contributed by atoms with Crippen LogP contribution in [-0.2, 0) is 0 Å². The van der Waals surface area contributed by atoms with E-state index < -0.39 is 0 Å². The van der Waals surface area contributed by atoms with Crippen LogP contribution in [0.3, 0.4) is 0 Å². The van der Waals surface area contributed by atoms with Gasteiger partial charge in [0, 0.05) is 15.8 Å². The second kappa shape index (κ2) is 3.43. The number of hydrogen-bond donors (Lipinski definition) is 1. The van der Waals surface area contributed by atoms with Crippen LogP contribution in [0.15, 0.2) is 6.07 Å². The minimum atomic E-state index is 0.289. The van der Waals surface area contributed by atoms with Crippen molar-refractivity contribution in [2.24, 2.45) is 11.7 Å². The maximum Gasteiger partial charge on any atom is 0.0308 e. The SMILES string of the molecule is Cc1cc(C(N)CC2CC2)c(C)s1. The highest BCUT2D eigenvalue weighted by Crippen LogP contribution is 2.38. The van der Waals surface area contributed by atoms with E-state index in [1.165, 1.54) is 34.6 Å². The second-order valence-corrected chi connectivity index (χ2v) is 5.61. The van der Waals surface area contributed by atoms with Crippen LogP contribution in [-0.4, -0.2) is 0 Å². The first-order chi connectivity index (χ1) is 6.16. The molecule has 0 aromatic carbocycles. The molecule has 1 atom stereocenters. The Bertz CT molecular complexity index is 299. The molecule has 1 saturated carbocycles. The van der Waals surface area contributed by atoms with Crippen molar-refractivity contribution >= 4 is 11.3 Å². The fourth-order valence-electron chi connectivity index (χ4n) is 1.86. The van der Waals surface area contributed by atoms with Gasteiger partial charge in [0.15, 0.2) is 0 Å². The highest BCUT2D eigenvalue weighted by atomic mass is 32.1. The summed E-state index contributed by atoms with van der Waals surface area (Å²) < 4.78 is 0. The van der Waals surface area contributed by atoms with Crippen LogP contribution < -0.4 is 5.73 Å². The summed E-state index contributed by atoms with van der Waals surface area (Å²) in [5.74, 6) is 0.926. The summed E-state index contributed by atoms with van der Waals surface area (Å²) in [5, 5.41) is 0. The molecule has 0 bridgehead atoms. The smallest absolute Gasteiger partial charge is 0.0308 e. The van der Waals surface area contributed by atoms with Crippen molar-refractivity contribution in [3.05, 3.63) is 21.4 Å². The maximum absolute atomic E-state index is 6.16. The summed E-state index contributed by atoms with van der Waals surface area (Å²) in [7, 11) is 0. The Morgan fingerprint density at radius 1 is 1.54 bits per heavy atom. The van der Waals surface area contributed by atoms with Crippen molar-refractivity contribution in [1.29, 1.82) is 0 Å². The minimum Gasteiger partial charge on any atom is -0.324 e. The fraction of sp³-hybridized carbons (Fsp3) is 0.636. The quantitative estimate of drug-likeness (QED) is 0.787. The Hall–Kier alpha value is -0.340. The summed E-state index contributed by atoms with van der Waals surface area (Å²) in [6.45, 7) is 4.34. The van der Waals surface area contributed by atoms with E-state index in [0.29, 0.717) is 0 Å². The molecule has 2 heteroatoms. The molecular formula is C11H17NS. The van der Waals surface area contributed by atoms with Gasteiger partial charge in [-0.2, -0.15) is 0 Å². The number of hydrogen-bond acceptors (Lipinski definition) is 2. The highest BCUT2D eigenvalue weighted by molar-refractivity contribution is 7.12. The van der Waals surface area contributed by atoms with Crippen LogP contribution in [0, 0.1) is 19.8 Å². The Balaban J connectivity index is 2.08. The molecule has 0 aliphatic heterocycles. The van der Waals surface area contributed by atoms with E-state index in [4.69, 9.17) is 5.73 Å². The Labute approximate surface area is 84.0 Å². The molecule has 1 heterocycles. The van der Waals surface area contributed by atoms with Crippen LogP contribution in [0.4, 0.5) is 0 Å². The lowest BCUT2D eigenvalue weighted by Crippen LogP contribution is -2.10. The molecule has 1 aromatic rings. The molecule has 1 unspecified atom stereocenters. The number of thiophene rings is 1. The van der Waals surface area contributed by atoms with E-state index in [2.05, 4.69) is 19.9 Å². The molecule has 1 nitrogen and oxygen atoms in total. The van der Waals surface area contributed by atoms with Crippen molar-refractivity contribution in [3.63, 3.8) is 0 Å². The van der Waals surface area contributed by atoms with Crippen LogP contribution in [0.2, 0.25) is 0 Å². The van der Waals surface area contributed by atoms with Gasteiger partial charge < -0.3 is 5.73 Å². The van der Waals surface area contributed by atoms with Crippen molar-refractivity contribution in [1.82, 2.24) is 0 Å². The summed E-state index contributed by atoms with van der Waals surface area (Å²) in [6.07, 6.45) is 3.99. The summed E-state index contributed by atoms with van der Waals surface area (Å²) in [4.78, 5) is 2.80. The van der Waals surface area contributed by atoms with Crippen molar-refractivity contribution in [2.75, 3.05) is 0 Å². The van der Waals surface area contributed by atoms with Gasteiger partial charge in [-0.1, -0.05) is 12.8 Å². The molecular weight excluding hydrogens is 178 g/mol. The molecule has 1 fully saturated rings. The predicted octanol–water partition coefficient (Wildman–Crippen LogP) is 3.16. The molecule has 1 aliphatic carbocycles. The lowest BCUT2D eigenvalue weighted by molar-refractivity contribution is 0.596. The monoisotopic (exact) mass is 195 g/mol. The summed E-state index contributed by atoms with van der Waals surface area (Å²) in [5.41, 5.74) is 7.54. The first-order valence-electron chi connectivity index (χ1n) is 4.99. The Morgan fingerprint density at radius 3 is 2.69 bits per heavy atom. The Morgan fingerprint density at radius 2 is 2.23 bits per heavy atom. The van der Waals surface area contributed by atoms with E-state index in [-0.39, 0.29) is 6.04 Å². The van der Waals surface area contributed by atoms with Crippen molar-refractivity contribution in [3.8, 4) is 0 Å². The van der Waals surface area contributed by atoms with Crippen molar-refractivity contribution in [2.45, 2.75) is 39.2 Å². The molecule has 0 saturated heterocycles. The number of rotatable bonds is 3. The fourth-order valence-corrected chi connectivity index (χ4v) is 2.86. The Kier molecular flexibility index (Phi) is 2.43. The average molecular weight is 195 g/mol. The van der Waals surface area contributed by atoms with Gasteiger partial charge in [-0.3, -0.25) is 0 Å². The molecule has 1 aliphatic rings. The molecule has 0 amide bonds. The molecule has 72 valence electrons. The minimum absolute atomic E-state index is 0.289. The van der Waals surface area contributed by atoms with Gasteiger partial charge in [0.05, 0.1) is 0 Å². The van der Waals surface area contributed by atoms with E-state index >= 15 is 0 Å². The van der Waals surface area contributed by atoms with Crippen LogP contribution >= 0.6 is 11.3 Å². The van der Waals surface area contributed by atoms with Crippen LogP contribution in [0.1, 0.15) is 40.6 Å². The molecule has 0 radical (unpaired) electrons. The summed E-state index contributed by atoms with van der Waals surface area (Å²) in [6, 6.07) is 2.55. The van der Waals surface area contributed by atoms with E-state index in [9.17, 15) is 0 Å². The third-order valence-electron chi connectivity index (χ3n) is 2.76. The van der Waals surface area contributed by atoms with Crippen LogP contribution in [0.5, 0.6) is 0 Å². The van der Waals surface area contributed by atoms with Crippen LogP contribution in [0.25, 0.3) is 0 Å². The average Bonchev–Trinajstić information content (AvgIpc) is 2.77. The summed E-state index contributed by atoms with van der Waals surface area (Å²) >= 11 is 1.87. The topological polar surface area (TPSA) is 26.0 Å². The number of aryl methyl sites for hydroxylation is 2. The van der Waals surface area contributed by atoms with Gasteiger partial charge in [0.1, 0.15) is 0 Å². The zero-order chi connectivity index (χ0) is 9.42. The molecule has 1 aromatic heterocycles. The number of nitrogens with two attached hydrogens (primary N) is 1. The third kappa shape index (κ3) is 2.12. The van der Waals surface area contributed by atoms with Gasteiger partial charge in [-0.15, -0.1) is 11.3 Å². The zero-order valence-corrected chi connectivity index (χ0v) is 9.16. The van der Waals surface area contributed by atoms with Gasteiger partial charge in [0.2, 0.25) is 0 Å². The predicted molar refractivity (Wildman–Crippen MR) is 58.1 cm³/mol. The lowest BCUT2D eigenvalue weighted by atomic mass is 10.0. The lowest BCUT2D eigenvalue weighted by Gasteiger charge is -2.09. The van der Waals surface area contributed by atoms with E-state index in [0.717, 1.165) is 5.92 Å². The largest absolute Gasteiger partial charge is 0.324 e.